The Morgan fingerprint density at radius 3 is 2.92 bits per heavy atom. The SMILES string of the molecule is Cc1ccsc1CN[C@H](C)CN. The molecule has 1 aromatic heterocycles. The molecule has 2 nitrogen and oxygen atoms in total. The molecule has 0 bridgehead atoms. The fraction of sp³-hybridized carbons (Fsp3) is 0.556. The van der Waals surface area contributed by atoms with Crippen molar-refractivity contribution in [3.8, 4) is 0 Å². The molecule has 0 saturated heterocycles. The highest BCUT2D eigenvalue weighted by Crippen LogP contribution is 2.14. The number of nitrogens with two attached hydrogens (primary N) is 1. The van der Waals surface area contributed by atoms with Gasteiger partial charge in [-0.25, -0.2) is 0 Å². The highest BCUT2D eigenvalue weighted by atomic mass is 32.1. The van der Waals surface area contributed by atoms with Crippen LogP contribution in [0.15, 0.2) is 11.4 Å². The lowest BCUT2D eigenvalue weighted by Crippen LogP contribution is -2.32. The normalized spacial score (nSPS) is 13.2. The van der Waals surface area contributed by atoms with Gasteiger partial charge in [0.15, 0.2) is 0 Å². The van der Waals surface area contributed by atoms with Crippen LogP contribution in [0.2, 0.25) is 0 Å². The average molecular weight is 184 g/mol. The Labute approximate surface area is 77.8 Å². The van der Waals surface area contributed by atoms with Gasteiger partial charge in [0.25, 0.3) is 0 Å². The van der Waals surface area contributed by atoms with Gasteiger partial charge in [-0.05, 0) is 30.9 Å². The van der Waals surface area contributed by atoms with Crippen molar-refractivity contribution >= 4 is 11.3 Å². The molecule has 12 heavy (non-hydrogen) atoms. The molecule has 1 atom stereocenters. The number of rotatable bonds is 4. The molecule has 0 aliphatic carbocycles. The molecular weight excluding hydrogens is 168 g/mol. The molecule has 0 aromatic carbocycles. The van der Waals surface area contributed by atoms with E-state index < -0.39 is 0 Å². The van der Waals surface area contributed by atoms with Crippen molar-refractivity contribution in [2.45, 2.75) is 26.4 Å². The van der Waals surface area contributed by atoms with Crippen molar-refractivity contribution in [2.75, 3.05) is 6.54 Å². The van der Waals surface area contributed by atoms with Crippen LogP contribution in [0.5, 0.6) is 0 Å². The summed E-state index contributed by atoms with van der Waals surface area (Å²) in [6, 6.07) is 2.56. The molecule has 0 aliphatic rings. The summed E-state index contributed by atoms with van der Waals surface area (Å²) in [6.07, 6.45) is 0. The van der Waals surface area contributed by atoms with Gasteiger partial charge >= 0.3 is 0 Å². The topological polar surface area (TPSA) is 38.0 Å². The molecule has 0 fully saturated rings. The predicted molar refractivity (Wildman–Crippen MR) is 54.4 cm³/mol. The molecule has 1 aromatic rings. The lowest BCUT2D eigenvalue weighted by atomic mass is 10.2. The molecule has 0 spiro atoms. The largest absolute Gasteiger partial charge is 0.329 e. The molecule has 0 amide bonds. The predicted octanol–water partition coefficient (Wildman–Crippen LogP) is 1.49. The van der Waals surface area contributed by atoms with Crippen LogP contribution >= 0.6 is 11.3 Å². The number of hydrogen-bond donors (Lipinski definition) is 2. The number of hydrogen-bond acceptors (Lipinski definition) is 3. The van der Waals surface area contributed by atoms with Crippen molar-refractivity contribution in [3.63, 3.8) is 0 Å². The fourth-order valence-electron chi connectivity index (χ4n) is 0.935. The van der Waals surface area contributed by atoms with E-state index in [1.54, 1.807) is 11.3 Å². The Hall–Kier alpha value is -0.380. The smallest absolute Gasteiger partial charge is 0.0305 e. The first-order valence-corrected chi connectivity index (χ1v) is 5.08. The Bertz CT molecular complexity index is 232. The average Bonchev–Trinajstić information content (AvgIpc) is 2.47. The molecule has 0 saturated carbocycles. The molecule has 0 unspecified atom stereocenters. The van der Waals surface area contributed by atoms with Crippen molar-refractivity contribution in [1.29, 1.82) is 0 Å². The molecule has 1 heterocycles. The van der Waals surface area contributed by atoms with Gasteiger partial charge in [0.2, 0.25) is 0 Å². The van der Waals surface area contributed by atoms with Crippen LogP contribution in [-0.4, -0.2) is 12.6 Å². The zero-order chi connectivity index (χ0) is 8.97. The van der Waals surface area contributed by atoms with Gasteiger partial charge in [-0.3, -0.25) is 0 Å². The second-order valence-electron chi connectivity index (χ2n) is 3.04. The molecule has 68 valence electrons. The summed E-state index contributed by atoms with van der Waals surface area (Å²) in [5.41, 5.74) is 6.86. The number of nitrogens with one attached hydrogen (secondary N) is 1. The maximum Gasteiger partial charge on any atom is 0.0305 e. The standard InChI is InChI=1S/C9H16N2S/c1-7-3-4-12-9(7)6-11-8(2)5-10/h3-4,8,11H,5-6,10H2,1-2H3/t8-/m1/s1. The minimum absolute atomic E-state index is 0.409. The first-order chi connectivity index (χ1) is 5.74. The maximum atomic E-state index is 5.49. The monoisotopic (exact) mass is 184 g/mol. The number of thiophene rings is 1. The maximum absolute atomic E-state index is 5.49. The third-order valence-electron chi connectivity index (χ3n) is 1.93. The Morgan fingerprint density at radius 1 is 1.67 bits per heavy atom. The van der Waals surface area contributed by atoms with Gasteiger partial charge in [0.1, 0.15) is 0 Å². The van der Waals surface area contributed by atoms with Crippen LogP contribution < -0.4 is 11.1 Å². The van der Waals surface area contributed by atoms with E-state index in [0.717, 1.165) is 6.54 Å². The second kappa shape index (κ2) is 4.60. The first kappa shape index (κ1) is 9.71. The minimum Gasteiger partial charge on any atom is -0.329 e. The Morgan fingerprint density at radius 2 is 2.42 bits per heavy atom. The summed E-state index contributed by atoms with van der Waals surface area (Å²) in [5, 5.41) is 5.49. The zero-order valence-electron chi connectivity index (χ0n) is 7.63. The van der Waals surface area contributed by atoms with Crippen molar-refractivity contribution in [1.82, 2.24) is 5.32 Å². The van der Waals surface area contributed by atoms with Gasteiger partial charge < -0.3 is 11.1 Å². The fourth-order valence-corrected chi connectivity index (χ4v) is 1.79. The minimum atomic E-state index is 0.409. The zero-order valence-corrected chi connectivity index (χ0v) is 8.45. The van der Waals surface area contributed by atoms with Gasteiger partial charge in [0.05, 0.1) is 0 Å². The summed E-state index contributed by atoms with van der Waals surface area (Å²) < 4.78 is 0. The molecule has 0 radical (unpaired) electrons. The van der Waals surface area contributed by atoms with E-state index in [9.17, 15) is 0 Å². The molecular formula is C9H16N2S. The van der Waals surface area contributed by atoms with Gasteiger partial charge in [0, 0.05) is 24.0 Å². The lowest BCUT2D eigenvalue weighted by molar-refractivity contribution is 0.559. The van der Waals surface area contributed by atoms with E-state index >= 15 is 0 Å². The van der Waals surface area contributed by atoms with Crippen molar-refractivity contribution < 1.29 is 0 Å². The Kier molecular flexibility index (Phi) is 3.72. The van der Waals surface area contributed by atoms with Gasteiger partial charge in [-0.15, -0.1) is 11.3 Å². The summed E-state index contributed by atoms with van der Waals surface area (Å²) in [5.74, 6) is 0. The van der Waals surface area contributed by atoms with E-state index in [0.29, 0.717) is 12.6 Å². The second-order valence-corrected chi connectivity index (χ2v) is 4.05. The first-order valence-electron chi connectivity index (χ1n) is 4.20. The third-order valence-corrected chi connectivity index (χ3v) is 2.96. The van der Waals surface area contributed by atoms with Crippen LogP contribution in [0.3, 0.4) is 0 Å². The van der Waals surface area contributed by atoms with Gasteiger partial charge in [-0.1, -0.05) is 0 Å². The lowest BCUT2D eigenvalue weighted by Gasteiger charge is -2.10. The molecule has 3 N–H and O–H groups in total. The summed E-state index contributed by atoms with van der Waals surface area (Å²) >= 11 is 1.80. The third kappa shape index (κ3) is 2.59. The van der Waals surface area contributed by atoms with Crippen LogP contribution in [0.1, 0.15) is 17.4 Å². The summed E-state index contributed by atoms with van der Waals surface area (Å²) in [7, 11) is 0. The molecule has 3 heteroatoms. The van der Waals surface area contributed by atoms with E-state index in [4.69, 9.17) is 5.73 Å². The van der Waals surface area contributed by atoms with Crippen LogP contribution in [0.25, 0.3) is 0 Å². The highest BCUT2D eigenvalue weighted by Gasteiger charge is 2.01. The van der Waals surface area contributed by atoms with Crippen LogP contribution in [0.4, 0.5) is 0 Å². The quantitative estimate of drug-likeness (QED) is 0.744. The summed E-state index contributed by atoms with van der Waals surface area (Å²) in [6.45, 7) is 5.88. The van der Waals surface area contributed by atoms with E-state index in [1.165, 1.54) is 10.4 Å². The molecule has 0 aliphatic heterocycles. The summed E-state index contributed by atoms with van der Waals surface area (Å²) in [4.78, 5) is 1.41. The Balaban J connectivity index is 2.38. The van der Waals surface area contributed by atoms with Crippen molar-refractivity contribution in [2.24, 2.45) is 5.73 Å². The van der Waals surface area contributed by atoms with Crippen molar-refractivity contribution in [3.05, 3.63) is 21.9 Å². The highest BCUT2D eigenvalue weighted by molar-refractivity contribution is 7.10. The van der Waals surface area contributed by atoms with Crippen LogP contribution in [0, 0.1) is 6.92 Å². The van der Waals surface area contributed by atoms with E-state index in [2.05, 4.69) is 30.6 Å². The molecule has 1 rings (SSSR count). The van der Waals surface area contributed by atoms with Gasteiger partial charge in [-0.2, -0.15) is 0 Å². The van der Waals surface area contributed by atoms with Crippen LogP contribution in [-0.2, 0) is 6.54 Å². The van der Waals surface area contributed by atoms with E-state index in [-0.39, 0.29) is 0 Å². The number of aryl methyl sites for hydroxylation is 1. The van der Waals surface area contributed by atoms with E-state index in [1.807, 2.05) is 0 Å².